The Morgan fingerprint density at radius 3 is 2.03 bits per heavy atom. The van der Waals surface area contributed by atoms with Gasteiger partial charge in [-0.1, -0.05) is 80.8 Å². The number of hydrogen-bond acceptors (Lipinski definition) is 5. The van der Waals surface area contributed by atoms with E-state index in [-0.39, 0.29) is 35.0 Å². The Kier molecular flexibility index (Phi) is 8.44. The van der Waals surface area contributed by atoms with Gasteiger partial charge in [0.2, 0.25) is 0 Å². The van der Waals surface area contributed by atoms with Gasteiger partial charge in [0.05, 0.1) is 0 Å². The molecule has 5 heteroatoms. The predicted molar refractivity (Wildman–Crippen MR) is 151 cm³/mol. The minimum Gasteiger partial charge on any atom is -0.461 e. The molecule has 2 heterocycles. The van der Waals surface area contributed by atoms with Gasteiger partial charge < -0.3 is 9.47 Å². The second kappa shape index (κ2) is 11.8. The Balaban J connectivity index is 1.08. The van der Waals surface area contributed by atoms with Gasteiger partial charge >= 0.3 is 11.9 Å². The summed E-state index contributed by atoms with van der Waals surface area (Å²) in [4.78, 5) is 36.5. The van der Waals surface area contributed by atoms with Crippen LogP contribution < -0.4 is 0 Å². The van der Waals surface area contributed by atoms with E-state index in [0.29, 0.717) is 43.3 Å². The van der Waals surface area contributed by atoms with Crippen molar-refractivity contribution in [3.63, 3.8) is 0 Å². The molecule has 2 saturated heterocycles. The third-order valence-electron chi connectivity index (χ3n) is 9.96. The Bertz CT molecular complexity index is 1120. The summed E-state index contributed by atoms with van der Waals surface area (Å²) in [6.45, 7) is 4.48. The van der Waals surface area contributed by atoms with Crippen LogP contribution in [0.4, 0.5) is 0 Å². The van der Waals surface area contributed by atoms with Crippen LogP contribution in [0.5, 0.6) is 0 Å². The highest BCUT2D eigenvalue weighted by Gasteiger charge is 2.51. The minimum absolute atomic E-state index is 0.0437. The molecule has 1 saturated carbocycles. The van der Waals surface area contributed by atoms with Gasteiger partial charge in [-0.25, -0.2) is 0 Å². The standard InChI is InChI=1S/C34H44O5/c1-33(25-12-4-3-5-13-25,29-17-19-31(36)38-29)21-8-6-14-26(35)15-7-9-22-34(2,30-18-20-32(37)39-30)28-16-10-11-24-23-27(24)28/h3-5,10-13,16,24,27,29-30H,6-9,14-15,17-23H2,1-2H3. The molecule has 0 aromatic heterocycles. The molecule has 0 amide bonds. The summed E-state index contributed by atoms with van der Waals surface area (Å²) < 4.78 is 11.5. The van der Waals surface area contributed by atoms with Crippen LogP contribution in [0.15, 0.2) is 54.1 Å². The lowest BCUT2D eigenvalue weighted by atomic mass is 9.69. The Morgan fingerprint density at radius 1 is 0.846 bits per heavy atom. The van der Waals surface area contributed by atoms with Crippen molar-refractivity contribution >= 4 is 17.7 Å². The normalized spacial score (nSPS) is 28.6. The van der Waals surface area contributed by atoms with Crippen molar-refractivity contribution in [2.24, 2.45) is 17.3 Å². The Morgan fingerprint density at radius 2 is 1.44 bits per heavy atom. The number of cyclic esters (lactones) is 2. The molecule has 0 bridgehead atoms. The smallest absolute Gasteiger partial charge is 0.306 e. The molecule has 0 N–H and O–H groups in total. The Hall–Kier alpha value is -2.69. The zero-order chi connectivity index (χ0) is 27.5. The minimum atomic E-state index is -0.228. The molecule has 210 valence electrons. The molecular weight excluding hydrogens is 488 g/mol. The first-order valence-electron chi connectivity index (χ1n) is 15.1. The lowest BCUT2D eigenvalue weighted by Gasteiger charge is -2.38. The van der Waals surface area contributed by atoms with Crippen LogP contribution in [0.25, 0.3) is 0 Å². The van der Waals surface area contributed by atoms with E-state index in [2.05, 4.69) is 44.2 Å². The van der Waals surface area contributed by atoms with Crippen molar-refractivity contribution in [2.75, 3.05) is 0 Å². The zero-order valence-electron chi connectivity index (χ0n) is 23.7. The van der Waals surface area contributed by atoms with E-state index in [1.807, 2.05) is 18.2 Å². The summed E-state index contributed by atoms with van der Waals surface area (Å²) in [6.07, 6.45) is 17.1. The lowest BCUT2D eigenvalue weighted by molar-refractivity contribution is -0.145. The number of ketones is 1. The molecule has 39 heavy (non-hydrogen) atoms. The highest BCUT2D eigenvalue weighted by atomic mass is 16.6. The van der Waals surface area contributed by atoms with E-state index >= 15 is 0 Å². The monoisotopic (exact) mass is 532 g/mol. The quantitative estimate of drug-likeness (QED) is 0.187. The number of benzene rings is 1. The number of hydrogen-bond donors (Lipinski definition) is 0. The summed E-state index contributed by atoms with van der Waals surface area (Å²) in [5.74, 6) is 1.42. The summed E-state index contributed by atoms with van der Waals surface area (Å²) in [7, 11) is 0. The first-order chi connectivity index (χ1) is 18.8. The van der Waals surface area contributed by atoms with Gasteiger partial charge in [-0.15, -0.1) is 0 Å². The van der Waals surface area contributed by atoms with Gasteiger partial charge in [-0.2, -0.15) is 0 Å². The van der Waals surface area contributed by atoms with Crippen LogP contribution in [0.3, 0.4) is 0 Å². The fourth-order valence-corrected chi connectivity index (χ4v) is 7.33. The topological polar surface area (TPSA) is 69.7 Å². The number of Topliss-reactive ketones (excluding diaryl/α,β-unsaturated/α-hetero) is 1. The Labute approximate surface area is 233 Å². The van der Waals surface area contributed by atoms with E-state index in [1.165, 1.54) is 17.6 Å². The van der Waals surface area contributed by atoms with Gasteiger partial charge in [-0.05, 0) is 62.3 Å². The summed E-state index contributed by atoms with van der Waals surface area (Å²) in [5, 5.41) is 0. The van der Waals surface area contributed by atoms with Crippen LogP contribution >= 0.6 is 0 Å². The second-order valence-corrected chi connectivity index (χ2v) is 12.7. The highest BCUT2D eigenvalue weighted by Crippen LogP contribution is 2.57. The zero-order valence-corrected chi connectivity index (χ0v) is 23.7. The molecule has 1 aromatic rings. The number of allylic oxidation sites excluding steroid dienone is 3. The third kappa shape index (κ3) is 6.23. The summed E-state index contributed by atoms with van der Waals surface area (Å²) in [6, 6.07) is 10.3. The maximum atomic E-state index is 12.8. The number of carbonyl (C=O) groups excluding carboxylic acids is 3. The molecule has 0 radical (unpaired) electrons. The number of carbonyl (C=O) groups is 3. The van der Waals surface area contributed by atoms with Crippen molar-refractivity contribution in [3.8, 4) is 0 Å². The molecule has 0 spiro atoms. The molecule has 4 aliphatic rings. The number of rotatable bonds is 14. The molecule has 5 nitrogen and oxygen atoms in total. The van der Waals surface area contributed by atoms with E-state index < -0.39 is 0 Å². The van der Waals surface area contributed by atoms with Gasteiger partial charge in [0.15, 0.2) is 0 Å². The first kappa shape index (κ1) is 27.9. The van der Waals surface area contributed by atoms with E-state index in [4.69, 9.17) is 9.47 Å². The molecule has 1 aromatic carbocycles. The average Bonchev–Trinajstić information content (AvgIpc) is 3.40. The van der Waals surface area contributed by atoms with Crippen molar-refractivity contribution in [2.45, 2.75) is 115 Å². The van der Waals surface area contributed by atoms with Gasteiger partial charge in [0, 0.05) is 36.5 Å². The van der Waals surface area contributed by atoms with Crippen molar-refractivity contribution in [1.29, 1.82) is 0 Å². The molecule has 2 aliphatic carbocycles. The second-order valence-electron chi connectivity index (χ2n) is 12.7. The first-order valence-corrected chi connectivity index (χ1v) is 15.1. The van der Waals surface area contributed by atoms with Crippen molar-refractivity contribution in [3.05, 3.63) is 59.7 Å². The molecule has 5 rings (SSSR count). The average molecular weight is 533 g/mol. The number of unbranched alkanes of at least 4 members (excludes halogenated alkanes) is 2. The molecule has 2 aliphatic heterocycles. The fraction of sp³-hybridized carbons (Fsp3) is 0.618. The van der Waals surface area contributed by atoms with E-state index in [9.17, 15) is 14.4 Å². The number of fused-ring (bicyclic) bond motifs is 1. The van der Waals surface area contributed by atoms with Crippen LogP contribution in [-0.4, -0.2) is 29.9 Å². The van der Waals surface area contributed by atoms with E-state index in [1.54, 1.807) is 0 Å². The molecule has 3 fully saturated rings. The van der Waals surface area contributed by atoms with Crippen LogP contribution in [0, 0.1) is 17.3 Å². The molecule has 6 unspecified atom stereocenters. The van der Waals surface area contributed by atoms with Crippen LogP contribution in [-0.2, 0) is 29.3 Å². The van der Waals surface area contributed by atoms with Crippen molar-refractivity contribution in [1.82, 2.24) is 0 Å². The number of esters is 2. The fourth-order valence-electron chi connectivity index (χ4n) is 7.33. The third-order valence-corrected chi connectivity index (χ3v) is 9.96. The van der Waals surface area contributed by atoms with Gasteiger partial charge in [0.25, 0.3) is 0 Å². The lowest BCUT2D eigenvalue weighted by Crippen LogP contribution is -2.36. The predicted octanol–water partition coefficient (Wildman–Crippen LogP) is 7.18. The van der Waals surface area contributed by atoms with Gasteiger partial charge in [-0.3, -0.25) is 14.4 Å². The molecular formula is C34H44O5. The summed E-state index contributed by atoms with van der Waals surface area (Å²) >= 11 is 0. The van der Waals surface area contributed by atoms with Crippen LogP contribution in [0.2, 0.25) is 0 Å². The summed E-state index contributed by atoms with van der Waals surface area (Å²) in [5.41, 5.74) is 2.29. The van der Waals surface area contributed by atoms with Crippen molar-refractivity contribution < 1.29 is 23.9 Å². The SMILES string of the molecule is CC(CCCCC(=O)CCCCC(C)(c1ccccc1)C1CCC(=O)O1)(C1=CC=CC2CC12)C1CCC(=O)O1. The van der Waals surface area contributed by atoms with Crippen LogP contribution in [0.1, 0.15) is 103 Å². The molecule has 6 atom stereocenters. The maximum absolute atomic E-state index is 12.8. The van der Waals surface area contributed by atoms with E-state index in [0.717, 1.165) is 51.4 Å². The number of ether oxygens (including phenoxy) is 2. The largest absolute Gasteiger partial charge is 0.461 e. The van der Waals surface area contributed by atoms with Gasteiger partial charge in [0.1, 0.15) is 18.0 Å². The highest BCUT2D eigenvalue weighted by molar-refractivity contribution is 5.78. The maximum Gasteiger partial charge on any atom is 0.306 e.